The van der Waals surface area contributed by atoms with E-state index in [1.165, 1.54) is 0 Å². The van der Waals surface area contributed by atoms with E-state index in [0.29, 0.717) is 5.56 Å². The Bertz CT molecular complexity index is 872. The van der Waals surface area contributed by atoms with Crippen molar-refractivity contribution < 1.29 is 4.79 Å². The van der Waals surface area contributed by atoms with Gasteiger partial charge in [-0.25, -0.2) is 4.98 Å². The van der Waals surface area contributed by atoms with Crippen LogP contribution in [-0.2, 0) is 7.05 Å². The zero-order chi connectivity index (χ0) is 16.8. The number of hydrogen-bond acceptors (Lipinski definition) is 4. The van der Waals surface area contributed by atoms with E-state index < -0.39 is 0 Å². The lowest BCUT2D eigenvalue weighted by Gasteiger charge is -2.21. The monoisotopic (exact) mass is 328 g/mol. The summed E-state index contributed by atoms with van der Waals surface area (Å²) in [6, 6.07) is 5.85. The van der Waals surface area contributed by atoms with Crippen molar-refractivity contribution in [2.24, 2.45) is 7.05 Å². The molecule has 0 unspecified atom stereocenters. The van der Waals surface area contributed by atoms with E-state index >= 15 is 0 Å². The van der Waals surface area contributed by atoms with Crippen molar-refractivity contribution in [2.45, 2.75) is 33.2 Å². The first kappa shape index (κ1) is 15.7. The van der Waals surface area contributed by atoms with E-state index in [2.05, 4.69) is 10.4 Å². The number of fused-ring (bicyclic) bond motifs is 1. The molecule has 0 aliphatic carbocycles. The van der Waals surface area contributed by atoms with Crippen LogP contribution in [-0.4, -0.2) is 26.2 Å². The maximum Gasteiger partial charge on any atom is 0.252 e. The number of carbonyl (C=O) groups is 1. The fraction of sp³-hybridized carbons (Fsp3) is 0.353. The summed E-state index contributed by atoms with van der Waals surface area (Å²) in [6.07, 6.45) is 0. The first-order chi connectivity index (χ1) is 10.8. The smallest absolute Gasteiger partial charge is 0.252 e. The summed E-state index contributed by atoms with van der Waals surface area (Å²) >= 11 is 1.61. The summed E-state index contributed by atoms with van der Waals surface area (Å²) in [7, 11) is 1.85. The molecule has 1 amide bonds. The minimum atomic E-state index is -0.300. The Kier molecular flexibility index (Phi) is 3.72. The highest BCUT2D eigenvalue weighted by Crippen LogP contribution is 2.29. The van der Waals surface area contributed by atoms with Crippen LogP contribution in [0.25, 0.3) is 21.6 Å². The standard InChI is InChI=1S/C17H20N4OS/c1-10-14-11(16(22)19-17(2,3)4)9-12(13-7-6-8-23-13)18-15(14)21(5)20-10/h6-9H,1-5H3,(H,19,22). The van der Waals surface area contributed by atoms with Gasteiger partial charge in [-0.15, -0.1) is 11.3 Å². The lowest BCUT2D eigenvalue weighted by atomic mass is 10.0. The van der Waals surface area contributed by atoms with Crippen LogP contribution in [0.1, 0.15) is 36.8 Å². The number of pyridine rings is 1. The SMILES string of the molecule is Cc1nn(C)c2nc(-c3cccs3)cc(C(=O)NC(C)(C)C)c12. The van der Waals surface area contributed by atoms with Crippen molar-refractivity contribution in [3.8, 4) is 10.6 Å². The third kappa shape index (κ3) is 2.99. The number of hydrogen-bond donors (Lipinski definition) is 1. The van der Waals surface area contributed by atoms with Gasteiger partial charge in [-0.2, -0.15) is 5.10 Å². The maximum atomic E-state index is 12.8. The molecule has 3 heterocycles. The molecule has 0 aromatic carbocycles. The number of rotatable bonds is 2. The Morgan fingerprint density at radius 1 is 1.35 bits per heavy atom. The van der Waals surface area contributed by atoms with Gasteiger partial charge in [-0.3, -0.25) is 9.48 Å². The zero-order valence-electron chi connectivity index (χ0n) is 14.0. The summed E-state index contributed by atoms with van der Waals surface area (Å²) in [6.45, 7) is 7.82. The van der Waals surface area contributed by atoms with E-state index in [1.54, 1.807) is 16.0 Å². The maximum absolute atomic E-state index is 12.8. The largest absolute Gasteiger partial charge is 0.347 e. The van der Waals surface area contributed by atoms with Crippen molar-refractivity contribution in [1.29, 1.82) is 0 Å². The second kappa shape index (κ2) is 5.45. The van der Waals surface area contributed by atoms with Gasteiger partial charge in [-0.05, 0) is 45.2 Å². The first-order valence-electron chi connectivity index (χ1n) is 7.47. The highest BCUT2D eigenvalue weighted by atomic mass is 32.1. The van der Waals surface area contributed by atoms with Gasteiger partial charge in [0.2, 0.25) is 0 Å². The van der Waals surface area contributed by atoms with Gasteiger partial charge < -0.3 is 5.32 Å². The lowest BCUT2D eigenvalue weighted by molar-refractivity contribution is 0.0921. The van der Waals surface area contributed by atoms with Gasteiger partial charge in [0, 0.05) is 12.6 Å². The molecule has 3 aromatic heterocycles. The average Bonchev–Trinajstić information content (AvgIpc) is 3.05. The fourth-order valence-corrected chi connectivity index (χ4v) is 3.27. The van der Waals surface area contributed by atoms with E-state index in [4.69, 9.17) is 4.98 Å². The predicted molar refractivity (Wildman–Crippen MR) is 93.8 cm³/mol. The van der Waals surface area contributed by atoms with Crippen molar-refractivity contribution >= 4 is 28.3 Å². The molecule has 0 atom stereocenters. The van der Waals surface area contributed by atoms with E-state index in [0.717, 1.165) is 27.3 Å². The van der Waals surface area contributed by atoms with Crippen LogP contribution in [0.3, 0.4) is 0 Å². The van der Waals surface area contributed by atoms with Gasteiger partial charge in [-0.1, -0.05) is 6.07 Å². The van der Waals surface area contributed by atoms with Gasteiger partial charge in [0.1, 0.15) is 0 Å². The summed E-state index contributed by atoms with van der Waals surface area (Å²) in [5.74, 6) is -0.0983. The van der Waals surface area contributed by atoms with Crippen LogP contribution >= 0.6 is 11.3 Å². The molecule has 6 heteroatoms. The summed E-state index contributed by atoms with van der Waals surface area (Å²) in [5, 5.41) is 10.3. The van der Waals surface area contributed by atoms with Crippen LogP contribution < -0.4 is 5.32 Å². The average molecular weight is 328 g/mol. The van der Waals surface area contributed by atoms with Gasteiger partial charge >= 0.3 is 0 Å². The summed E-state index contributed by atoms with van der Waals surface area (Å²) in [5.41, 5.74) is 2.67. The molecule has 120 valence electrons. The Morgan fingerprint density at radius 2 is 2.09 bits per heavy atom. The van der Waals surface area contributed by atoms with Crippen molar-refractivity contribution in [3.63, 3.8) is 0 Å². The quantitative estimate of drug-likeness (QED) is 0.783. The molecule has 0 saturated carbocycles. The van der Waals surface area contributed by atoms with Crippen molar-refractivity contribution in [1.82, 2.24) is 20.1 Å². The molecule has 0 aliphatic heterocycles. The minimum Gasteiger partial charge on any atom is -0.347 e. The van der Waals surface area contributed by atoms with Crippen LogP contribution in [0.15, 0.2) is 23.6 Å². The van der Waals surface area contributed by atoms with Gasteiger partial charge in [0.25, 0.3) is 5.91 Å². The lowest BCUT2D eigenvalue weighted by Crippen LogP contribution is -2.40. The number of thiophene rings is 1. The third-order valence-electron chi connectivity index (χ3n) is 3.48. The number of amides is 1. The molecule has 0 radical (unpaired) electrons. The Morgan fingerprint density at radius 3 is 2.70 bits per heavy atom. The first-order valence-corrected chi connectivity index (χ1v) is 8.35. The molecule has 0 spiro atoms. The van der Waals surface area contributed by atoms with Crippen LogP contribution in [0.4, 0.5) is 0 Å². The molecular formula is C17H20N4OS. The molecule has 0 saturated heterocycles. The number of aromatic nitrogens is 3. The Balaban J connectivity index is 2.24. The Labute approximate surface area is 139 Å². The topological polar surface area (TPSA) is 59.8 Å². The highest BCUT2D eigenvalue weighted by molar-refractivity contribution is 7.13. The fourth-order valence-electron chi connectivity index (χ4n) is 2.58. The normalized spacial score (nSPS) is 11.9. The van der Waals surface area contributed by atoms with Gasteiger partial charge in [0.05, 0.1) is 27.2 Å². The van der Waals surface area contributed by atoms with E-state index in [9.17, 15) is 4.79 Å². The molecule has 5 nitrogen and oxygen atoms in total. The van der Waals surface area contributed by atoms with Crippen LogP contribution in [0, 0.1) is 6.92 Å². The molecule has 1 N–H and O–H groups in total. The molecule has 0 bridgehead atoms. The van der Waals surface area contributed by atoms with E-state index in [1.807, 2.05) is 58.3 Å². The zero-order valence-corrected chi connectivity index (χ0v) is 14.8. The second-order valence-corrected chi connectivity index (χ2v) is 7.59. The predicted octanol–water partition coefficient (Wildman–Crippen LogP) is 3.53. The number of aryl methyl sites for hydroxylation is 2. The van der Waals surface area contributed by atoms with Crippen molar-refractivity contribution in [2.75, 3.05) is 0 Å². The highest BCUT2D eigenvalue weighted by Gasteiger charge is 2.22. The number of carbonyl (C=O) groups excluding carboxylic acids is 1. The summed E-state index contributed by atoms with van der Waals surface area (Å²) in [4.78, 5) is 18.5. The molecule has 23 heavy (non-hydrogen) atoms. The molecular weight excluding hydrogens is 308 g/mol. The summed E-state index contributed by atoms with van der Waals surface area (Å²) < 4.78 is 1.73. The molecule has 3 aromatic rings. The number of nitrogens with zero attached hydrogens (tertiary/aromatic N) is 3. The Hall–Kier alpha value is -2.21. The molecule has 0 aliphatic rings. The molecule has 0 fully saturated rings. The third-order valence-corrected chi connectivity index (χ3v) is 4.37. The van der Waals surface area contributed by atoms with Gasteiger partial charge in [0.15, 0.2) is 5.65 Å². The number of nitrogens with one attached hydrogen (secondary N) is 1. The van der Waals surface area contributed by atoms with Crippen LogP contribution in [0.5, 0.6) is 0 Å². The second-order valence-electron chi connectivity index (χ2n) is 6.64. The van der Waals surface area contributed by atoms with E-state index in [-0.39, 0.29) is 11.4 Å². The minimum absolute atomic E-state index is 0.0983. The molecule has 3 rings (SSSR count). The van der Waals surface area contributed by atoms with Crippen molar-refractivity contribution in [3.05, 3.63) is 34.8 Å². The van der Waals surface area contributed by atoms with Crippen LogP contribution in [0.2, 0.25) is 0 Å².